The second-order valence-electron chi connectivity index (χ2n) is 3.71. The van der Waals surface area contributed by atoms with E-state index in [1.165, 1.54) is 23.6 Å². The minimum atomic E-state index is -0.368. The van der Waals surface area contributed by atoms with Gasteiger partial charge in [-0.25, -0.2) is 4.39 Å². The molecule has 6 heteroatoms. The molecule has 2 rings (SSSR count). The summed E-state index contributed by atoms with van der Waals surface area (Å²) in [5, 5.41) is 3.25. The molecule has 0 radical (unpaired) electrons. The average Bonchev–Trinajstić information content (AvgIpc) is 2.65. The van der Waals surface area contributed by atoms with Crippen LogP contribution in [-0.2, 0) is 0 Å². The monoisotopic (exact) mass is 304 g/mol. The van der Waals surface area contributed by atoms with Crippen molar-refractivity contribution < 1.29 is 4.39 Å². The number of aromatic nitrogens is 1. The number of hydrogen-bond donors (Lipinski definition) is 1. The Bertz CT molecular complexity index is 545. The molecule has 0 saturated carbocycles. The van der Waals surface area contributed by atoms with Crippen molar-refractivity contribution in [2.24, 2.45) is 0 Å². The van der Waals surface area contributed by atoms with Gasteiger partial charge in [0.2, 0.25) is 0 Å². The molecule has 0 aliphatic heterocycles. The number of rotatable bonds is 4. The van der Waals surface area contributed by atoms with Crippen LogP contribution in [0.25, 0.3) is 0 Å². The summed E-state index contributed by atoms with van der Waals surface area (Å²) in [6, 6.07) is 3.05. The first-order valence-corrected chi connectivity index (χ1v) is 6.97. The van der Waals surface area contributed by atoms with Crippen molar-refractivity contribution in [3.8, 4) is 0 Å². The average molecular weight is 305 g/mol. The van der Waals surface area contributed by atoms with Gasteiger partial charge in [0, 0.05) is 11.8 Å². The molecule has 0 amide bonds. The molecule has 0 aromatic carbocycles. The topological polar surface area (TPSA) is 24.9 Å². The normalized spacial score (nSPS) is 12.7. The lowest BCUT2D eigenvalue weighted by atomic mass is 10.0. The molecule has 0 fully saturated rings. The lowest BCUT2D eigenvalue weighted by Crippen LogP contribution is -2.22. The van der Waals surface area contributed by atoms with Gasteiger partial charge < -0.3 is 5.32 Å². The van der Waals surface area contributed by atoms with Crippen molar-refractivity contribution in [2.75, 3.05) is 6.54 Å². The van der Waals surface area contributed by atoms with Crippen molar-refractivity contribution in [3.05, 3.63) is 50.1 Å². The summed E-state index contributed by atoms with van der Waals surface area (Å²) in [5.74, 6) is -0.368. The number of pyridine rings is 1. The Labute approximate surface area is 119 Å². The summed E-state index contributed by atoms with van der Waals surface area (Å²) in [7, 11) is 0. The Morgan fingerprint density at radius 2 is 2.17 bits per heavy atom. The van der Waals surface area contributed by atoms with Crippen LogP contribution in [0.15, 0.2) is 24.5 Å². The van der Waals surface area contributed by atoms with Crippen LogP contribution in [0.1, 0.15) is 24.1 Å². The highest BCUT2D eigenvalue weighted by Gasteiger charge is 2.19. The summed E-state index contributed by atoms with van der Waals surface area (Å²) in [6.45, 7) is 2.70. The Hall–Kier alpha value is -0.680. The summed E-state index contributed by atoms with van der Waals surface area (Å²) in [6.07, 6.45) is 2.80. The van der Waals surface area contributed by atoms with Gasteiger partial charge in [0.15, 0.2) is 0 Å². The van der Waals surface area contributed by atoms with Gasteiger partial charge in [-0.05, 0) is 24.2 Å². The number of halogens is 3. The fourth-order valence-electron chi connectivity index (χ4n) is 1.75. The minimum Gasteiger partial charge on any atom is -0.306 e. The quantitative estimate of drug-likeness (QED) is 0.911. The molecule has 2 aromatic heterocycles. The summed E-state index contributed by atoms with van der Waals surface area (Å²) >= 11 is 13.4. The van der Waals surface area contributed by atoms with Crippen LogP contribution in [0.4, 0.5) is 4.39 Å². The third-order valence-electron chi connectivity index (χ3n) is 2.46. The maximum atomic E-state index is 13.2. The maximum absolute atomic E-state index is 13.2. The number of hydrogen-bond acceptors (Lipinski definition) is 3. The first-order valence-electron chi connectivity index (χ1n) is 5.40. The second-order valence-corrected chi connectivity index (χ2v) is 5.99. The molecule has 1 N–H and O–H groups in total. The Kier molecular flexibility index (Phi) is 4.56. The highest BCUT2D eigenvalue weighted by molar-refractivity contribution is 7.20. The first kappa shape index (κ1) is 13.7. The third kappa shape index (κ3) is 3.01. The van der Waals surface area contributed by atoms with E-state index < -0.39 is 0 Å². The molecule has 0 spiro atoms. The minimum absolute atomic E-state index is 0.200. The highest BCUT2D eigenvalue weighted by atomic mass is 35.5. The van der Waals surface area contributed by atoms with Crippen molar-refractivity contribution in [1.29, 1.82) is 0 Å². The summed E-state index contributed by atoms with van der Waals surface area (Å²) < 4.78 is 14.5. The van der Waals surface area contributed by atoms with Crippen molar-refractivity contribution in [3.63, 3.8) is 0 Å². The van der Waals surface area contributed by atoms with E-state index in [9.17, 15) is 4.39 Å². The maximum Gasteiger partial charge on any atom is 0.141 e. The predicted octanol–water partition coefficient (Wildman–Crippen LogP) is 4.29. The Morgan fingerprint density at radius 1 is 1.39 bits per heavy atom. The first-order chi connectivity index (χ1) is 8.61. The zero-order valence-electron chi connectivity index (χ0n) is 9.58. The van der Waals surface area contributed by atoms with E-state index in [-0.39, 0.29) is 11.9 Å². The van der Waals surface area contributed by atoms with Crippen LogP contribution in [0.2, 0.25) is 8.67 Å². The largest absolute Gasteiger partial charge is 0.306 e. The van der Waals surface area contributed by atoms with E-state index in [1.54, 1.807) is 12.3 Å². The van der Waals surface area contributed by atoms with Gasteiger partial charge in [-0.3, -0.25) is 4.98 Å². The van der Waals surface area contributed by atoms with Gasteiger partial charge in [-0.1, -0.05) is 30.1 Å². The van der Waals surface area contributed by atoms with Crippen molar-refractivity contribution >= 4 is 34.5 Å². The van der Waals surface area contributed by atoms with Crippen LogP contribution in [0, 0.1) is 5.82 Å². The zero-order valence-corrected chi connectivity index (χ0v) is 11.9. The van der Waals surface area contributed by atoms with E-state index >= 15 is 0 Å². The van der Waals surface area contributed by atoms with E-state index in [2.05, 4.69) is 10.3 Å². The van der Waals surface area contributed by atoms with E-state index in [0.29, 0.717) is 8.67 Å². The van der Waals surface area contributed by atoms with Crippen LogP contribution >= 0.6 is 34.5 Å². The lowest BCUT2D eigenvalue weighted by Gasteiger charge is -2.17. The van der Waals surface area contributed by atoms with Crippen LogP contribution in [0.3, 0.4) is 0 Å². The van der Waals surface area contributed by atoms with Crippen LogP contribution in [0.5, 0.6) is 0 Å². The molecule has 1 unspecified atom stereocenters. The van der Waals surface area contributed by atoms with Crippen LogP contribution < -0.4 is 5.32 Å². The fraction of sp³-hybridized carbons (Fsp3) is 0.250. The molecule has 18 heavy (non-hydrogen) atoms. The van der Waals surface area contributed by atoms with Crippen molar-refractivity contribution in [2.45, 2.75) is 13.0 Å². The van der Waals surface area contributed by atoms with Gasteiger partial charge in [-0.15, -0.1) is 11.3 Å². The molecular weight excluding hydrogens is 294 g/mol. The van der Waals surface area contributed by atoms with Gasteiger partial charge >= 0.3 is 0 Å². The summed E-state index contributed by atoms with van der Waals surface area (Å²) in [5.41, 5.74) is 1.58. The van der Waals surface area contributed by atoms with Gasteiger partial charge in [0.25, 0.3) is 0 Å². The van der Waals surface area contributed by atoms with E-state index in [4.69, 9.17) is 23.2 Å². The molecule has 0 bridgehead atoms. The third-order valence-corrected chi connectivity index (χ3v) is 3.98. The van der Waals surface area contributed by atoms with Gasteiger partial charge in [0.05, 0.1) is 20.9 Å². The smallest absolute Gasteiger partial charge is 0.141 e. The molecule has 0 saturated heterocycles. The molecule has 2 heterocycles. The van der Waals surface area contributed by atoms with Gasteiger partial charge in [-0.2, -0.15) is 0 Å². The zero-order chi connectivity index (χ0) is 13.1. The molecule has 96 valence electrons. The molecular formula is C12H11Cl2FN2S. The standard InChI is InChI=1S/C12H11Cl2FN2S/c1-2-17-11(7-3-8(15)6-16-5-7)9-4-10(13)18-12(9)14/h3-6,11,17H,2H2,1H3. The Morgan fingerprint density at radius 3 is 2.72 bits per heavy atom. The molecule has 2 aromatic rings. The Balaban J connectivity index is 2.42. The number of thiophene rings is 1. The molecule has 0 aliphatic rings. The van der Waals surface area contributed by atoms with Gasteiger partial charge in [0.1, 0.15) is 5.82 Å². The second kappa shape index (κ2) is 5.97. The molecule has 1 atom stereocenters. The number of nitrogens with zero attached hydrogens (tertiary/aromatic N) is 1. The number of nitrogens with one attached hydrogen (secondary N) is 1. The molecule has 0 aliphatic carbocycles. The van der Waals surface area contributed by atoms with E-state index in [1.807, 2.05) is 6.92 Å². The lowest BCUT2D eigenvalue weighted by molar-refractivity contribution is 0.597. The van der Waals surface area contributed by atoms with Crippen LogP contribution in [-0.4, -0.2) is 11.5 Å². The highest BCUT2D eigenvalue weighted by Crippen LogP contribution is 2.37. The van der Waals surface area contributed by atoms with Crippen molar-refractivity contribution in [1.82, 2.24) is 10.3 Å². The van der Waals surface area contributed by atoms with E-state index in [0.717, 1.165) is 17.7 Å². The molecule has 2 nitrogen and oxygen atoms in total. The fourth-order valence-corrected chi connectivity index (χ4v) is 3.28. The summed E-state index contributed by atoms with van der Waals surface area (Å²) in [4.78, 5) is 3.86. The predicted molar refractivity (Wildman–Crippen MR) is 74.1 cm³/mol. The SMILES string of the molecule is CCNC(c1cncc(F)c1)c1cc(Cl)sc1Cl.